The number of hydrogen-bond donors (Lipinski definition) is 0. The molecule has 0 aromatic heterocycles. The van der Waals surface area contributed by atoms with Crippen LogP contribution < -0.4 is 0 Å². The zero-order chi connectivity index (χ0) is 8.32. The Hall–Kier alpha value is -0.0831. The minimum Gasteiger partial charge on any atom is -0.375 e. The second-order valence-electron chi connectivity index (χ2n) is 3.62. The topological polar surface area (TPSA) is 9.23 Å². The smallest absolute Gasteiger partial charge is 0.0744 e. The highest BCUT2D eigenvalue weighted by Crippen LogP contribution is 2.28. The fourth-order valence-corrected chi connectivity index (χ4v) is 3.39. The van der Waals surface area contributed by atoms with Gasteiger partial charge in [-0.3, -0.25) is 0 Å². The predicted molar refractivity (Wildman–Crippen MR) is 51.6 cm³/mol. The number of ether oxygens (including phenoxy) is 1. The van der Waals surface area contributed by atoms with Crippen LogP contribution >= 0.6 is 0 Å². The molecule has 11 heavy (non-hydrogen) atoms. The van der Waals surface area contributed by atoms with Crippen molar-refractivity contribution in [2.24, 2.45) is 0 Å². The highest BCUT2D eigenvalue weighted by Gasteiger charge is 2.33. The molecule has 1 saturated heterocycles. The molecule has 64 valence electrons. The molecule has 1 nitrogen and oxygen atoms in total. The van der Waals surface area contributed by atoms with Crippen LogP contribution in [0.25, 0.3) is 0 Å². The summed E-state index contributed by atoms with van der Waals surface area (Å²) >= 11 is 0. The van der Waals surface area contributed by atoms with Crippen LogP contribution in [0.1, 0.15) is 19.3 Å². The van der Waals surface area contributed by atoms with Crippen molar-refractivity contribution in [2.75, 3.05) is 6.61 Å². The van der Waals surface area contributed by atoms with Crippen molar-refractivity contribution >= 4 is 8.80 Å². The van der Waals surface area contributed by atoms with Crippen LogP contribution in [0.5, 0.6) is 0 Å². The Morgan fingerprint density at radius 2 is 2.18 bits per heavy atom. The molecule has 0 aromatic rings. The Labute approximate surface area is 71.1 Å². The molecule has 1 rings (SSSR count). The van der Waals surface area contributed by atoms with Crippen LogP contribution in [-0.4, -0.2) is 20.6 Å². The Balaban J connectivity index is 2.64. The predicted octanol–water partition coefficient (Wildman–Crippen LogP) is 2.14. The quantitative estimate of drug-likeness (QED) is 0.456. The Morgan fingerprint density at radius 1 is 1.45 bits per heavy atom. The lowest BCUT2D eigenvalue weighted by molar-refractivity contribution is 0.0106. The molecule has 0 amide bonds. The second-order valence-corrected chi connectivity index (χ2v) is 6.91. The average molecular weight is 170 g/mol. The number of rotatable bonds is 2. The summed E-state index contributed by atoms with van der Waals surface area (Å²) in [5.41, 5.74) is 0. The standard InChI is InChI=1S/C9H18OSi/c1-4-9(11(2)3)7-5-6-8-10-9/h4,11H,1,5-8H2,2-3H3. The molecule has 0 radical (unpaired) electrons. The van der Waals surface area contributed by atoms with Crippen molar-refractivity contribution in [2.45, 2.75) is 37.6 Å². The summed E-state index contributed by atoms with van der Waals surface area (Å²) in [7, 11) is -0.728. The van der Waals surface area contributed by atoms with Crippen molar-refractivity contribution in [1.29, 1.82) is 0 Å². The lowest BCUT2D eigenvalue weighted by Gasteiger charge is -2.37. The summed E-state index contributed by atoms with van der Waals surface area (Å²) in [6.07, 6.45) is 5.80. The molecule has 0 aliphatic carbocycles. The molecule has 1 aliphatic heterocycles. The van der Waals surface area contributed by atoms with Crippen molar-refractivity contribution in [3.63, 3.8) is 0 Å². The second kappa shape index (κ2) is 3.54. The largest absolute Gasteiger partial charge is 0.375 e. The molecule has 0 aromatic carbocycles. The molecule has 2 heteroatoms. The molecular weight excluding hydrogens is 152 g/mol. The van der Waals surface area contributed by atoms with Crippen LogP contribution in [0.15, 0.2) is 12.7 Å². The van der Waals surface area contributed by atoms with Crippen molar-refractivity contribution in [3.05, 3.63) is 12.7 Å². The van der Waals surface area contributed by atoms with Gasteiger partial charge < -0.3 is 4.74 Å². The zero-order valence-electron chi connectivity index (χ0n) is 7.60. The maximum Gasteiger partial charge on any atom is 0.0744 e. The monoisotopic (exact) mass is 170 g/mol. The molecule has 1 aliphatic rings. The lowest BCUT2D eigenvalue weighted by Crippen LogP contribution is -2.45. The maximum absolute atomic E-state index is 5.82. The average Bonchev–Trinajstić information content (AvgIpc) is 2.05. The highest BCUT2D eigenvalue weighted by molar-refractivity contribution is 6.59. The summed E-state index contributed by atoms with van der Waals surface area (Å²) in [5.74, 6) is 0. The van der Waals surface area contributed by atoms with E-state index < -0.39 is 8.80 Å². The first-order valence-corrected chi connectivity index (χ1v) is 7.37. The summed E-state index contributed by atoms with van der Waals surface area (Å²) in [4.78, 5) is 0. The first-order valence-electron chi connectivity index (χ1n) is 4.49. The van der Waals surface area contributed by atoms with Gasteiger partial charge in [0.25, 0.3) is 0 Å². The van der Waals surface area contributed by atoms with Gasteiger partial charge in [-0.2, -0.15) is 0 Å². The fraction of sp³-hybridized carbons (Fsp3) is 0.778. The van der Waals surface area contributed by atoms with E-state index in [9.17, 15) is 0 Å². The van der Waals surface area contributed by atoms with Gasteiger partial charge in [-0.05, 0) is 19.3 Å². The lowest BCUT2D eigenvalue weighted by atomic mass is 10.1. The van der Waals surface area contributed by atoms with E-state index in [2.05, 4.69) is 19.7 Å². The van der Waals surface area contributed by atoms with Gasteiger partial charge in [0.05, 0.1) is 14.0 Å². The Bertz CT molecular complexity index is 136. The van der Waals surface area contributed by atoms with E-state index in [0.29, 0.717) is 0 Å². The van der Waals surface area contributed by atoms with Gasteiger partial charge in [-0.15, -0.1) is 6.58 Å². The van der Waals surface area contributed by atoms with E-state index in [-0.39, 0.29) is 5.22 Å². The van der Waals surface area contributed by atoms with Gasteiger partial charge in [-0.25, -0.2) is 0 Å². The van der Waals surface area contributed by atoms with Crippen LogP contribution in [0.3, 0.4) is 0 Å². The molecule has 0 N–H and O–H groups in total. The molecule has 0 spiro atoms. The van der Waals surface area contributed by atoms with Gasteiger partial charge in [-0.1, -0.05) is 19.2 Å². The number of hydrogen-bond acceptors (Lipinski definition) is 1. The van der Waals surface area contributed by atoms with Crippen LogP contribution in [-0.2, 0) is 4.74 Å². The minimum atomic E-state index is -0.728. The van der Waals surface area contributed by atoms with Gasteiger partial charge >= 0.3 is 0 Å². The molecule has 1 heterocycles. The zero-order valence-corrected chi connectivity index (χ0v) is 8.75. The van der Waals surface area contributed by atoms with Crippen molar-refractivity contribution < 1.29 is 4.74 Å². The highest BCUT2D eigenvalue weighted by atomic mass is 28.3. The third-order valence-corrected chi connectivity index (χ3v) is 5.30. The SMILES string of the molecule is C=CC1([SiH](C)C)CCCCO1. The van der Waals surface area contributed by atoms with Crippen LogP contribution in [0.2, 0.25) is 13.1 Å². The Morgan fingerprint density at radius 3 is 2.45 bits per heavy atom. The fourth-order valence-electron chi connectivity index (χ4n) is 1.69. The first kappa shape index (κ1) is 9.01. The van der Waals surface area contributed by atoms with Gasteiger partial charge in [0.15, 0.2) is 0 Å². The molecule has 1 fully saturated rings. The summed E-state index contributed by atoms with van der Waals surface area (Å²) in [6, 6.07) is 0. The van der Waals surface area contributed by atoms with E-state index in [1.807, 2.05) is 6.08 Å². The first-order chi connectivity index (χ1) is 5.21. The van der Waals surface area contributed by atoms with Crippen molar-refractivity contribution in [1.82, 2.24) is 0 Å². The van der Waals surface area contributed by atoms with Gasteiger partial charge in [0, 0.05) is 6.61 Å². The molecule has 1 unspecified atom stereocenters. The third-order valence-electron chi connectivity index (χ3n) is 2.66. The summed E-state index contributed by atoms with van der Waals surface area (Å²) < 4.78 is 5.82. The van der Waals surface area contributed by atoms with Gasteiger partial charge in [0.2, 0.25) is 0 Å². The molecule has 0 saturated carbocycles. The normalized spacial score (nSPS) is 32.3. The maximum atomic E-state index is 5.82. The van der Waals surface area contributed by atoms with E-state index >= 15 is 0 Å². The van der Waals surface area contributed by atoms with E-state index in [1.165, 1.54) is 19.3 Å². The Kier molecular flexibility index (Phi) is 2.90. The van der Waals surface area contributed by atoms with E-state index in [1.54, 1.807) is 0 Å². The third kappa shape index (κ3) is 1.74. The van der Waals surface area contributed by atoms with Gasteiger partial charge in [0.1, 0.15) is 0 Å². The van der Waals surface area contributed by atoms with E-state index in [0.717, 1.165) is 6.61 Å². The van der Waals surface area contributed by atoms with Crippen LogP contribution in [0, 0.1) is 0 Å². The van der Waals surface area contributed by atoms with Crippen LogP contribution in [0.4, 0.5) is 0 Å². The van der Waals surface area contributed by atoms with Crippen molar-refractivity contribution in [3.8, 4) is 0 Å². The molecular formula is C9H18OSi. The summed E-state index contributed by atoms with van der Waals surface area (Å²) in [6.45, 7) is 9.51. The minimum absolute atomic E-state index is 0.123. The summed E-state index contributed by atoms with van der Waals surface area (Å²) in [5, 5.41) is 0.123. The van der Waals surface area contributed by atoms with E-state index in [4.69, 9.17) is 4.74 Å². The molecule has 1 atom stereocenters. The molecule has 0 bridgehead atoms.